The summed E-state index contributed by atoms with van der Waals surface area (Å²) in [6.45, 7) is 4.24. The molecule has 0 aliphatic carbocycles. The first-order chi connectivity index (χ1) is 7.69. The molecule has 0 amide bonds. The fourth-order valence-electron chi connectivity index (χ4n) is 1.71. The van der Waals surface area contributed by atoms with Gasteiger partial charge in [0.25, 0.3) is 0 Å². The van der Waals surface area contributed by atoms with E-state index in [9.17, 15) is 4.79 Å². The van der Waals surface area contributed by atoms with Crippen LogP contribution in [0.15, 0.2) is 23.0 Å². The van der Waals surface area contributed by atoms with Crippen molar-refractivity contribution < 1.29 is 0 Å². The van der Waals surface area contributed by atoms with E-state index in [0.717, 1.165) is 30.5 Å². The van der Waals surface area contributed by atoms with Crippen LogP contribution in [0.4, 0.5) is 0 Å². The average Bonchev–Trinajstić information content (AvgIpc) is 2.65. The Labute approximate surface area is 94.3 Å². The molecule has 1 heterocycles. The van der Waals surface area contributed by atoms with Crippen molar-refractivity contribution in [1.29, 1.82) is 0 Å². The summed E-state index contributed by atoms with van der Waals surface area (Å²) < 4.78 is 0. The molecule has 1 aromatic carbocycles. The molecule has 0 aliphatic heterocycles. The molecule has 0 saturated carbocycles. The van der Waals surface area contributed by atoms with Gasteiger partial charge in [-0.2, -0.15) is 0 Å². The lowest BCUT2D eigenvalue weighted by Gasteiger charge is -2.13. The van der Waals surface area contributed by atoms with Crippen molar-refractivity contribution in [2.45, 2.75) is 13.3 Å². The van der Waals surface area contributed by atoms with Crippen LogP contribution in [-0.4, -0.2) is 35.0 Å². The first kappa shape index (κ1) is 11.0. The second-order valence-electron chi connectivity index (χ2n) is 4.10. The van der Waals surface area contributed by atoms with Crippen LogP contribution in [0.2, 0.25) is 0 Å². The Hall–Kier alpha value is -1.55. The molecule has 4 nitrogen and oxygen atoms in total. The molecule has 86 valence electrons. The Bertz CT molecular complexity index is 526. The summed E-state index contributed by atoms with van der Waals surface area (Å²) in [5.74, 6) is 0. The average molecular weight is 219 g/mol. The number of rotatable bonds is 4. The van der Waals surface area contributed by atoms with Gasteiger partial charge in [0.1, 0.15) is 0 Å². The Balaban J connectivity index is 2.16. The van der Waals surface area contributed by atoms with E-state index in [1.165, 1.54) is 5.56 Å². The number of nitrogens with one attached hydrogen (secondary N) is 2. The minimum atomic E-state index is -0.141. The van der Waals surface area contributed by atoms with E-state index in [1.807, 2.05) is 12.1 Å². The molecule has 0 spiro atoms. The van der Waals surface area contributed by atoms with Gasteiger partial charge in [-0.05, 0) is 37.7 Å². The lowest BCUT2D eigenvalue weighted by Crippen LogP contribution is -2.20. The number of benzene rings is 1. The monoisotopic (exact) mass is 219 g/mol. The number of likely N-dealkylation sites (N-methyl/N-ethyl adjacent to an activating group) is 1. The zero-order valence-electron chi connectivity index (χ0n) is 9.71. The molecule has 0 fully saturated rings. The first-order valence-corrected chi connectivity index (χ1v) is 5.58. The van der Waals surface area contributed by atoms with Crippen LogP contribution in [0, 0.1) is 0 Å². The smallest absolute Gasteiger partial charge is 0.306 e. The number of hydrogen-bond donors (Lipinski definition) is 2. The van der Waals surface area contributed by atoms with Gasteiger partial charge < -0.3 is 14.9 Å². The van der Waals surface area contributed by atoms with Crippen molar-refractivity contribution in [2.24, 2.45) is 0 Å². The maximum atomic E-state index is 11.1. The van der Waals surface area contributed by atoms with Crippen LogP contribution in [0.25, 0.3) is 11.0 Å². The summed E-state index contributed by atoms with van der Waals surface area (Å²) in [5, 5.41) is 0. The van der Waals surface area contributed by atoms with Gasteiger partial charge in [-0.3, -0.25) is 0 Å². The van der Waals surface area contributed by atoms with Crippen LogP contribution in [-0.2, 0) is 6.42 Å². The highest BCUT2D eigenvalue weighted by atomic mass is 16.1. The predicted octanol–water partition coefficient (Wildman–Crippen LogP) is 1.35. The van der Waals surface area contributed by atoms with Gasteiger partial charge in [0.05, 0.1) is 11.0 Å². The number of hydrogen-bond acceptors (Lipinski definition) is 2. The minimum Gasteiger partial charge on any atom is -0.306 e. The quantitative estimate of drug-likeness (QED) is 0.815. The first-order valence-electron chi connectivity index (χ1n) is 5.58. The molecule has 0 bridgehead atoms. The Kier molecular flexibility index (Phi) is 3.10. The standard InChI is InChI=1S/C12H17N3O/c1-3-15(2)7-6-9-4-5-10-11(8-9)14-12(16)13-10/h4-5,8H,3,6-7H2,1-2H3,(H2,13,14,16). The van der Waals surface area contributed by atoms with E-state index < -0.39 is 0 Å². The maximum absolute atomic E-state index is 11.1. The van der Waals surface area contributed by atoms with Crippen molar-refractivity contribution in [1.82, 2.24) is 14.9 Å². The van der Waals surface area contributed by atoms with E-state index in [0.29, 0.717) is 0 Å². The Morgan fingerprint density at radius 1 is 1.25 bits per heavy atom. The number of aromatic amines is 2. The molecule has 2 aromatic rings. The summed E-state index contributed by atoms with van der Waals surface area (Å²) in [6.07, 6.45) is 1.01. The summed E-state index contributed by atoms with van der Waals surface area (Å²) in [5.41, 5.74) is 2.88. The number of nitrogens with zero attached hydrogens (tertiary/aromatic N) is 1. The third-order valence-electron chi connectivity index (χ3n) is 2.90. The second kappa shape index (κ2) is 4.53. The zero-order chi connectivity index (χ0) is 11.5. The normalized spacial score (nSPS) is 11.4. The molecular formula is C12H17N3O. The highest BCUT2D eigenvalue weighted by Crippen LogP contribution is 2.10. The second-order valence-corrected chi connectivity index (χ2v) is 4.10. The summed E-state index contributed by atoms with van der Waals surface area (Å²) in [6, 6.07) is 6.06. The third-order valence-corrected chi connectivity index (χ3v) is 2.90. The molecule has 0 unspecified atom stereocenters. The van der Waals surface area contributed by atoms with Gasteiger partial charge in [-0.15, -0.1) is 0 Å². The molecular weight excluding hydrogens is 202 g/mol. The molecule has 0 atom stereocenters. The summed E-state index contributed by atoms with van der Waals surface area (Å²) in [4.78, 5) is 18.9. The van der Waals surface area contributed by atoms with E-state index in [2.05, 4.69) is 34.9 Å². The number of aromatic nitrogens is 2. The van der Waals surface area contributed by atoms with Crippen molar-refractivity contribution in [3.8, 4) is 0 Å². The van der Waals surface area contributed by atoms with Gasteiger partial charge in [-0.1, -0.05) is 13.0 Å². The lowest BCUT2D eigenvalue weighted by atomic mass is 10.1. The molecule has 0 aliphatic rings. The van der Waals surface area contributed by atoms with Crippen LogP contribution >= 0.6 is 0 Å². The van der Waals surface area contributed by atoms with Crippen molar-refractivity contribution in [3.05, 3.63) is 34.2 Å². The highest BCUT2D eigenvalue weighted by molar-refractivity contribution is 5.74. The summed E-state index contributed by atoms with van der Waals surface area (Å²) in [7, 11) is 2.11. The van der Waals surface area contributed by atoms with Crippen LogP contribution in [0.5, 0.6) is 0 Å². The highest BCUT2D eigenvalue weighted by Gasteiger charge is 2.01. The van der Waals surface area contributed by atoms with Crippen molar-refractivity contribution in [2.75, 3.05) is 20.1 Å². The number of imidazole rings is 1. The molecule has 0 saturated heterocycles. The van der Waals surface area contributed by atoms with Gasteiger partial charge in [0, 0.05) is 6.54 Å². The van der Waals surface area contributed by atoms with Gasteiger partial charge in [0.15, 0.2) is 0 Å². The van der Waals surface area contributed by atoms with E-state index >= 15 is 0 Å². The zero-order valence-corrected chi connectivity index (χ0v) is 9.71. The largest absolute Gasteiger partial charge is 0.323 e. The van der Waals surface area contributed by atoms with E-state index in [1.54, 1.807) is 0 Å². The van der Waals surface area contributed by atoms with E-state index in [4.69, 9.17) is 0 Å². The summed E-state index contributed by atoms with van der Waals surface area (Å²) >= 11 is 0. The fraction of sp³-hybridized carbons (Fsp3) is 0.417. The van der Waals surface area contributed by atoms with Crippen molar-refractivity contribution in [3.63, 3.8) is 0 Å². The molecule has 4 heteroatoms. The number of fused-ring (bicyclic) bond motifs is 1. The van der Waals surface area contributed by atoms with Gasteiger partial charge in [-0.25, -0.2) is 4.79 Å². The van der Waals surface area contributed by atoms with Gasteiger partial charge in [0.2, 0.25) is 0 Å². The molecule has 2 N–H and O–H groups in total. The molecule has 1 aromatic heterocycles. The topological polar surface area (TPSA) is 51.9 Å². The Morgan fingerprint density at radius 3 is 2.75 bits per heavy atom. The van der Waals surface area contributed by atoms with Crippen molar-refractivity contribution >= 4 is 11.0 Å². The van der Waals surface area contributed by atoms with E-state index in [-0.39, 0.29) is 5.69 Å². The molecule has 16 heavy (non-hydrogen) atoms. The van der Waals surface area contributed by atoms with Crippen LogP contribution in [0.1, 0.15) is 12.5 Å². The third kappa shape index (κ3) is 2.33. The molecule has 2 rings (SSSR count). The molecule has 0 radical (unpaired) electrons. The minimum absolute atomic E-state index is 0.141. The number of H-pyrrole nitrogens is 2. The maximum Gasteiger partial charge on any atom is 0.323 e. The fourth-order valence-corrected chi connectivity index (χ4v) is 1.71. The van der Waals surface area contributed by atoms with Crippen LogP contribution in [0.3, 0.4) is 0 Å². The Morgan fingerprint density at radius 2 is 2.00 bits per heavy atom. The lowest BCUT2D eigenvalue weighted by molar-refractivity contribution is 0.357. The van der Waals surface area contributed by atoms with Crippen LogP contribution < -0.4 is 5.69 Å². The predicted molar refractivity (Wildman–Crippen MR) is 65.8 cm³/mol. The van der Waals surface area contributed by atoms with Gasteiger partial charge >= 0.3 is 5.69 Å². The SMILES string of the molecule is CCN(C)CCc1ccc2[nH]c(=O)[nH]c2c1.